The lowest BCUT2D eigenvalue weighted by atomic mass is 10.2. The summed E-state index contributed by atoms with van der Waals surface area (Å²) in [5.74, 6) is 0.174. The van der Waals surface area contributed by atoms with E-state index in [1.807, 2.05) is 6.07 Å². The van der Waals surface area contributed by atoms with Gasteiger partial charge in [0.25, 0.3) is 0 Å². The number of nitrogen functional groups attached to an aromatic ring is 1. The number of methoxy groups -OCH3 is 1. The number of esters is 1. The molecule has 2 rings (SSSR count). The molecule has 3 N–H and O–H groups in total. The van der Waals surface area contributed by atoms with Crippen molar-refractivity contribution in [2.75, 3.05) is 18.2 Å². The number of benzene rings is 1. The van der Waals surface area contributed by atoms with Crippen LogP contribution < -0.4 is 11.1 Å². The highest BCUT2D eigenvalue weighted by Gasteiger charge is 2.11. The van der Waals surface area contributed by atoms with Gasteiger partial charge in [-0.25, -0.2) is 9.78 Å². The van der Waals surface area contributed by atoms with Gasteiger partial charge >= 0.3 is 5.97 Å². The third-order valence-corrected chi connectivity index (χ3v) is 2.38. The van der Waals surface area contributed by atoms with Crippen molar-refractivity contribution in [1.29, 1.82) is 0 Å². The summed E-state index contributed by atoms with van der Waals surface area (Å²) in [7, 11) is 1.35. The predicted molar refractivity (Wildman–Crippen MR) is 69.7 cm³/mol. The number of aromatic nitrogens is 1. The zero-order chi connectivity index (χ0) is 13.0. The minimum absolute atomic E-state index is 0.401. The number of nitrogens with zero attached hydrogens (tertiary/aromatic N) is 1. The molecule has 1 aromatic carbocycles. The molecular weight excluding hydrogens is 230 g/mol. The Morgan fingerprint density at radius 1 is 1.33 bits per heavy atom. The molecule has 0 unspecified atom stereocenters. The Morgan fingerprint density at radius 2 is 2.11 bits per heavy atom. The van der Waals surface area contributed by atoms with Crippen LogP contribution in [0.5, 0.6) is 0 Å². The van der Waals surface area contributed by atoms with Crippen molar-refractivity contribution in [3.63, 3.8) is 0 Å². The minimum atomic E-state index is -0.401. The van der Waals surface area contributed by atoms with Crippen molar-refractivity contribution < 1.29 is 9.53 Å². The summed E-state index contributed by atoms with van der Waals surface area (Å²) in [6, 6.07) is 10.4. The van der Waals surface area contributed by atoms with E-state index in [-0.39, 0.29) is 0 Å². The molecule has 0 saturated heterocycles. The number of carbonyl (C=O) groups excluding carboxylic acids is 1. The first-order chi connectivity index (χ1) is 8.70. The maximum atomic E-state index is 11.6. The van der Waals surface area contributed by atoms with Gasteiger partial charge in [0.05, 0.1) is 18.4 Å². The van der Waals surface area contributed by atoms with E-state index >= 15 is 0 Å². The maximum absolute atomic E-state index is 11.6. The smallest absolute Gasteiger partial charge is 0.339 e. The molecule has 0 radical (unpaired) electrons. The van der Waals surface area contributed by atoms with Crippen molar-refractivity contribution in [3.05, 3.63) is 48.2 Å². The highest BCUT2D eigenvalue weighted by atomic mass is 16.5. The highest BCUT2D eigenvalue weighted by Crippen LogP contribution is 2.21. The van der Waals surface area contributed by atoms with Gasteiger partial charge in [-0.15, -0.1) is 0 Å². The third kappa shape index (κ3) is 2.57. The SMILES string of the molecule is COC(=O)c1ccccc1Nc1cc(N)ccn1. The monoisotopic (exact) mass is 243 g/mol. The number of carbonyl (C=O) groups is 1. The van der Waals surface area contributed by atoms with Crippen LogP contribution in [0.2, 0.25) is 0 Å². The average Bonchev–Trinajstić information content (AvgIpc) is 2.38. The lowest BCUT2D eigenvalue weighted by Gasteiger charge is -2.10. The molecular formula is C13H13N3O2. The van der Waals surface area contributed by atoms with Crippen LogP contribution in [0.15, 0.2) is 42.6 Å². The minimum Gasteiger partial charge on any atom is -0.465 e. The standard InChI is InChI=1S/C13H13N3O2/c1-18-13(17)10-4-2-3-5-11(10)16-12-8-9(14)6-7-15-12/h2-8H,1H3,(H3,14,15,16). The number of anilines is 3. The number of nitrogens with one attached hydrogen (secondary N) is 1. The van der Waals surface area contributed by atoms with E-state index in [4.69, 9.17) is 10.5 Å². The van der Waals surface area contributed by atoms with Gasteiger partial charge in [0.1, 0.15) is 5.82 Å². The summed E-state index contributed by atoms with van der Waals surface area (Å²) < 4.78 is 4.71. The second-order valence-electron chi connectivity index (χ2n) is 3.64. The Balaban J connectivity index is 2.32. The number of hydrogen-bond acceptors (Lipinski definition) is 5. The van der Waals surface area contributed by atoms with Crippen molar-refractivity contribution >= 4 is 23.2 Å². The molecule has 0 aliphatic heterocycles. The Bertz CT molecular complexity index is 570. The Kier molecular flexibility index (Phi) is 3.43. The number of hydrogen-bond donors (Lipinski definition) is 2. The number of para-hydroxylation sites is 1. The van der Waals surface area contributed by atoms with Crippen LogP contribution >= 0.6 is 0 Å². The van der Waals surface area contributed by atoms with Crippen molar-refractivity contribution in [2.45, 2.75) is 0 Å². The van der Waals surface area contributed by atoms with Gasteiger partial charge < -0.3 is 15.8 Å². The molecule has 0 amide bonds. The van der Waals surface area contributed by atoms with Gasteiger partial charge in [-0.05, 0) is 18.2 Å². The van der Waals surface area contributed by atoms with E-state index in [0.29, 0.717) is 22.8 Å². The molecule has 1 heterocycles. The van der Waals surface area contributed by atoms with Gasteiger partial charge in [0, 0.05) is 18.0 Å². The number of pyridine rings is 1. The molecule has 0 spiro atoms. The average molecular weight is 243 g/mol. The van der Waals surface area contributed by atoms with E-state index in [9.17, 15) is 4.79 Å². The molecule has 1 aromatic heterocycles. The molecule has 5 nitrogen and oxygen atoms in total. The lowest BCUT2D eigenvalue weighted by Crippen LogP contribution is -2.06. The summed E-state index contributed by atoms with van der Waals surface area (Å²) in [6.07, 6.45) is 1.60. The molecule has 0 aliphatic rings. The van der Waals surface area contributed by atoms with Crippen LogP contribution in [0, 0.1) is 0 Å². The Hall–Kier alpha value is -2.56. The number of ether oxygens (including phenoxy) is 1. The van der Waals surface area contributed by atoms with Gasteiger partial charge in [0.15, 0.2) is 0 Å². The second kappa shape index (κ2) is 5.18. The zero-order valence-electron chi connectivity index (χ0n) is 9.88. The molecule has 0 saturated carbocycles. The first-order valence-corrected chi connectivity index (χ1v) is 5.36. The zero-order valence-corrected chi connectivity index (χ0v) is 9.88. The third-order valence-electron chi connectivity index (χ3n) is 2.38. The topological polar surface area (TPSA) is 77.2 Å². The van der Waals surface area contributed by atoms with E-state index in [0.717, 1.165) is 0 Å². The maximum Gasteiger partial charge on any atom is 0.339 e. The molecule has 0 atom stereocenters. The van der Waals surface area contributed by atoms with Crippen molar-refractivity contribution in [1.82, 2.24) is 4.98 Å². The van der Waals surface area contributed by atoms with Gasteiger partial charge in [-0.2, -0.15) is 0 Å². The lowest BCUT2D eigenvalue weighted by molar-refractivity contribution is 0.0602. The van der Waals surface area contributed by atoms with Crippen LogP contribution in [0.1, 0.15) is 10.4 Å². The quantitative estimate of drug-likeness (QED) is 0.808. The number of nitrogens with two attached hydrogens (primary N) is 1. The predicted octanol–water partition coefficient (Wildman–Crippen LogP) is 2.19. The summed E-state index contributed by atoms with van der Waals surface area (Å²) in [5.41, 5.74) is 7.34. The summed E-state index contributed by atoms with van der Waals surface area (Å²) in [6.45, 7) is 0. The molecule has 0 aliphatic carbocycles. The van der Waals surface area contributed by atoms with E-state index < -0.39 is 5.97 Å². The fourth-order valence-electron chi connectivity index (χ4n) is 1.53. The summed E-state index contributed by atoms with van der Waals surface area (Å²) in [4.78, 5) is 15.7. The van der Waals surface area contributed by atoms with Crippen molar-refractivity contribution in [2.24, 2.45) is 0 Å². The van der Waals surface area contributed by atoms with Gasteiger partial charge in [-0.3, -0.25) is 0 Å². The van der Waals surface area contributed by atoms with E-state index in [1.54, 1.807) is 36.5 Å². The van der Waals surface area contributed by atoms with Crippen LogP contribution in [-0.4, -0.2) is 18.1 Å². The molecule has 18 heavy (non-hydrogen) atoms. The summed E-state index contributed by atoms with van der Waals surface area (Å²) in [5, 5.41) is 3.04. The molecule has 92 valence electrons. The van der Waals surface area contributed by atoms with Crippen LogP contribution in [-0.2, 0) is 4.74 Å². The molecule has 0 fully saturated rings. The first kappa shape index (κ1) is 11.9. The van der Waals surface area contributed by atoms with Crippen LogP contribution in [0.3, 0.4) is 0 Å². The van der Waals surface area contributed by atoms with Crippen molar-refractivity contribution in [3.8, 4) is 0 Å². The molecule has 0 bridgehead atoms. The Morgan fingerprint density at radius 3 is 2.83 bits per heavy atom. The molecule has 2 aromatic rings. The normalized spacial score (nSPS) is 9.83. The van der Waals surface area contributed by atoms with Crippen LogP contribution in [0.4, 0.5) is 17.2 Å². The molecule has 5 heteroatoms. The highest BCUT2D eigenvalue weighted by molar-refractivity contribution is 5.96. The second-order valence-corrected chi connectivity index (χ2v) is 3.64. The first-order valence-electron chi connectivity index (χ1n) is 5.36. The van der Waals surface area contributed by atoms with E-state index in [1.165, 1.54) is 7.11 Å². The van der Waals surface area contributed by atoms with E-state index in [2.05, 4.69) is 10.3 Å². The van der Waals surface area contributed by atoms with Gasteiger partial charge in [-0.1, -0.05) is 12.1 Å². The fraction of sp³-hybridized carbons (Fsp3) is 0.0769. The Labute approximate surface area is 105 Å². The largest absolute Gasteiger partial charge is 0.465 e. The number of rotatable bonds is 3. The fourth-order valence-corrected chi connectivity index (χ4v) is 1.53. The van der Waals surface area contributed by atoms with Gasteiger partial charge in [0.2, 0.25) is 0 Å². The summed E-state index contributed by atoms with van der Waals surface area (Å²) >= 11 is 0. The van der Waals surface area contributed by atoms with Crippen LogP contribution in [0.25, 0.3) is 0 Å².